The van der Waals surface area contributed by atoms with Gasteiger partial charge in [-0.05, 0) is 57.7 Å². The van der Waals surface area contributed by atoms with Gasteiger partial charge in [-0.1, -0.05) is 12.1 Å². The Labute approximate surface area is 127 Å². The number of hydrogen-bond donors (Lipinski definition) is 1. The maximum atomic E-state index is 11.7. The van der Waals surface area contributed by atoms with E-state index in [0.29, 0.717) is 6.54 Å². The summed E-state index contributed by atoms with van der Waals surface area (Å²) < 4.78 is 5.25. The van der Waals surface area contributed by atoms with Crippen molar-refractivity contribution in [2.45, 2.75) is 52.2 Å². The normalized spacial score (nSPS) is 15.7. The van der Waals surface area contributed by atoms with Gasteiger partial charge >= 0.3 is 6.09 Å². The molecule has 0 unspecified atom stereocenters. The molecule has 1 aromatic rings. The molecule has 0 radical (unpaired) electrons. The van der Waals surface area contributed by atoms with Gasteiger partial charge in [0, 0.05) is 25.3 Å². The van der Waals surface area contributed by atoms with Crippen molar-refractivity contribution >= 4 is 11.8 Å². The molecule has 0 saturated carbocycles. The molecule has 116 valence electrons. The molecule has 0 atom stereocenters. The van der Waals surface area contributed by atoms with Crippen LogP contribution >= 0.6 is 0 Å². The standard InChI is InChI=1S/C17H26N2O2/c1-17(2,3)21-16(20)18-13-14-8-7-9-15(12-14)19-10-5-4-6-11-19/h7-9,12H,4-6,10-11,13H2,1-3H3,(H,18,20). The molecule has 2 rings (SSSR count). The summed E-state index contributed by atoms with van der Waals surface area (Å²) in [5.41, 5.74) is 1.89. The van der Waals surface area contributed by atoms with Crippen molar-refractivity contribution in [3.05, 3.63) is 29.8 Å². The largest absolute Gasteiger partial charge is 0.444 e. The summed E-state index contributed by atoms with van der Waals surface area (Å²) >= 11 is 0. The van der Waals surface area contributed by atoms with Crippen molar-refractivity contribution in [2.75, 3.05) is 18.0 Å². The number of benzene rings is 1. The molecule has 1 heterocycles. The molecule has 1 fully saturated rings. The van der Waals surface area contributed by atoms with Crippen LogP contribution in [0.15, 0.2) is 24.3 Å². The maximum absolute atomic E-state index is 11.7. The highest BCUT2D eigenvalue weighted by Crippen LogP contribution is 2.20. The summed E-state index contributed by atoms with van der Waals surface area (Å²) in [5.74, 6) is 0. The van der Waals surface area contributed by atoms with Crippen LogP contribution in [0.2, 0.25) is 0 Å². The van der Waals surface area contributed by atoms with Crippen LogP contribution in [-0.2, 0) is 11.3 Å². The smallest absolute Gasteiger partial charge is 0.407 e. The molecule has 0 aliphatic carbocycles. The first kappa shape index (κ1) is 15.7. The van der Waals surface area contributed by atoms with E-state index in [4.69, 9.17) is 4.74 Å². The fourth-order valence-electron chi connectivity index (χ4n) is 2.50. The number of anilines is 1. The minimum Gasteiger partial charge on any atom is -0.444 e. The molecule has 1 aliphatic rings. The number of hydrogen-bond acceptors (Lipinski definition) is 3. The highest BCUT2D eigenvalue weighted by Gasteiger charge is 2.16. The Kier molecular flexibility index (Phi) is 5.10. The number of nitrogens with zero attached hydrogens (tertiary/aromatic N) is 1. The summed E-state index contributed by atoms with van der Waals surface area (Å²) in [6.45, 7) is 8.35. The highest BCUT2D eigenvalue weighted by atomic mass is 16.6. The van der Waals surface area contributed by atoms with Crippen molar-refractivity contribution in [3.63, 3.8) is 0 Å². The molecule has 1 N–H and O–H groups in total. The Bertz CT molecular complexity index is 474. The Morgan fingerprint density at radius 3 is 2.62 bits per heavy atom. The molecular weight excluding hydrogens is 264 g/mol. The van der Waals surface area contributed by atoms with Crippen LogP contribution < -0.4 is 10.2 Å². The molecule has 4 nitrogen and oxygen atoms in total. The predicted molar refractivity (Wildman–Crippen MR) is 85.6 cm³/mol. The number of carbonyl (C=O) groups excluding carboxylic acids is 1. The van der Waals surface area contributed by atoms with Crippen molar-refractivity contribution in [1.29, 1.82) is 0 Å². The van der Waals surface area contributed by atoms with E-state index in [1.54, 1.807) is 0 Å². The molecule has 0 aromatic heterocycles. The molecule has 0 bridgehead atoms. The fourth-order valence-corrected chi connectivity index (χ4v) is 2.50. The zero-order valence-corrected chi connectivity index (χ0v) is 13.3. The van der Waals surface area contributed by atoms with Gasteiger partial charge in [0.05, 0.1) is 0 Å². The molecular formula is C17H26N2O2. The SMILES string of the molecule is CC(C)(C)OC(=O)NCc1cccc(N2CCCCC2)c1. The van der Waals surface area contributed by atoms with Crippen molar-refractivity contribution in [2.24, 2.45) is 0 Å². The van der Waals surface area contributed by atoms with Crippen molar-refractivity contribution < 1.29 is 9.53 Å². The lowest BCUT2D eigenvalue weighted by molar-refractivity contribution is 0.0523. The van der Waals surface area contributed by atoms with Crippen LogP contribution in [0.3, 0.4) is 0 Å². The van der Waals surface area contributed by atoms with E-state index in [-0.39, 0.29) is 6.09 Å². The average molecular weight is 290 g/mol. The lowest BCUT2D eigenvalue weighted by Crippen LogP contribution is -2.32. The number of alkyl carbamates (subject to hydrolysis) is 1. The second kappa shape index (κ2) is 6.83. The van der Waals surface area contributed by atoms with Crippen LogP contribution in [0.25, 0.3) is 0 Å². The second-order valence-electron chi connectivity index (χ2n) is 6.57. The molecule has 1 saturated heterocycles. The molecule has 1 aromatic carbocycles. The number of amides is 1. The number of carbonyl (C=O) groups is 1. The number of nitrogens with one attached hydrogen (secondary N) is 1. The summed E-state index contributed by atoms with van der Waals surface area (Å²) in [4.78, 5) is 14.1. The monoisotopic (exact) mass is 290 g/mol. The van der Waals surface area contributed by atoms with E-state index >= 15 is 0 Å². The second-order valence-corrected chi connectivity index (χ2v) is 6.57. The van der Waals surface area contributed by atoms with Crippen molar-refractivity contribution in [3.8, 4) is 0 Å². The third-order valence-corrected chi connectivity index (χ3v) is 3.47. The van der Waals surface area contributed by atoms with E-state index in [1.807, 2.05) is 26.8 Å². The number of piperidine rings is 1. The van der Waals surface area contributed by atoms with E-state index in [1.165, 1.54) is 24.9 Å². The van der Waals surface area contributed by atoms with E-state index < -0.39 is 5.60 Å². The molecule has 0 spiro atoms. The van der Waals surface area contributed by atoms with Gasteiger partial charge in [0.1, 0.15) is 5.60 Å². The summed E-state index contributed by atoms with van der Waals surface area (Å²) in [6, 6.07) is 8.38. The molecule has 21 heavy (non-hydrogen) atoms. The van der Waals surface area contributed by atoms with Gasteiger partial charge < -0.3 is 15.0 Å². The van der Waals surface area contributed by atoms with E-state index in [9.17, 15) is 4.79 Å². The maximum Gasteiger partial charge on any atom is 0.407 e. The Balaban J connectivity index is 1.90. The summed E-state index contributed by atoms with van der Waals surface area (Å²) in [5, 5.41) is 2.81. The predicted octanol–water partition coefficient (Wildman–Crippen LogP) is 3.70. The zero-order valence-electron chi connectivity index (χ0n) is 13.3. The quantitative estimate of drug-likeness (QED) is 0.923. The van der Waals surface area contributed by atoms with Gasteiger partial charge in [-0.3, -0.25) is 0 Å². The first-order chi connectivity index (χ1) is 9.94. The van der Waals surface area contributed by atoms with Crippen LogP contribution in [0.4, 0.5) is 10.5 Å². The van der Waals surface area contributed by atoms with Crippen LogP contribution in [-0.4, -0.2) is 24.8 Å². The number of ether oxygens (including phenoxy) is 1. The van der Waals surface area contributed by atoms with Gasteiger partial charge in [-0.25, -0.2) is 4.79 Å². The molecule has 4 heteroatoms. The first-order valence-electron chi connectivity index (χ1n) is 7.75. The summed E-state index contributed by atoms with van der Waals surface area (Å²) in [7, 11) is 0. The lowest BCUT2D eigenvalue weighted by Gasteiger charge is -2.29. The third kappa shape index (κ3) is 5.29. The molecule has 1 amide bonds. The topological polar surface area (TPSA) is 41.6 Å². The molecule has 1 aliphatic heterocycles. The Hall–Kier alpha value is -1.71. The Morgan fingerprint density at radius 2 is 1.95 bits per heavy atom. The third-order valence-electron chi connectivity index (χ3n) is 3.47. The van der Waals surface area contributed by atoms with Gasteiger partial charge in [-0.2, -0.15) is 0 Å². The van der Waals surface area contributed by atoms with Gasteiger partial charge in [0.2, 0.25) is 0 Å². The fraction of sp³-hybridized carbons (Fsp3) is 0.588. The van der Waals surface area contributed by atoms with Gasteiger partial charge in [-0.15, -0.1) is 0 Å². The number of rotatable bonds is 3. The zero-order chi connectivity index (χ0) is 15.3. The van der Waals surface area contributed by atoms with E-state index in [2.05, 4.69) is 28.4 Å². The minimum absolute atomic E-state index is 0.370. The Morgan fingerprint density at radius 1 is 1.24 bits per heavy atom. The first-order valence-corrected chi connectivity index (χ1v) is 7.75. The van der Waals surface area contributed by atoms with E-state index in [0.717, 1.165) is 18.7 Å². The summed E-state index contributed by atoms with van der Waals surface area (Å²) in [6.07, 6.45) is 3.49. The highest BCUT2D eigenvalue weighted by molar-refractivity contribution is 5.67. The lowest BCUT2D eigenvalue weighted by atomic mass is 10.1. The average Bonchev–Trinajstić information content (AvgIpc) is 2.45. The van der Waals surface area contributed by atoms with Crippen LogP contribution in [0.1, 0.15) is 45.6 Å². The van der Waals surface area contributed by atoms with Gasteiger partial charge in [0.15, 0.2) is 0 Å². The van der Waals surface area contributed by atoms with Gasteiger partial charge in [0.25, 0.3) is 0 Å². The van der Waals surface area contributed by atoms with Crippen LogP contribution in [0.5, 0.6) is 0 Å². The minimum atomic E-state index is -0.459. The van der Waals surface area contributed by atoms with Crippen molar-refractivity contribution in [1.82, 2.24) is 5.32 Å². The van der Waals surface area contributed by atoms with Crippen LogP contribution in [0, 0.1) is 0 Å².